The van der Waals surface area contributed by atoms with Crippen molar-refractivity contribution in [3.05, 3.63) is 40.9 Å². The smallest absolute Gasteiger partial charge is 0.355 e. The number of carbonyl (C=O) groups is 1. The van der Waals surface area contributed by atoms with E-state index in [1.54, 1.807) is 17.1 Å². The summed E-state index contributed by atoms with van der Waals surface area (Å²) in [6.07, 6.45) is 2.04. The maximum Gasteiger partial charge on any atom is 0.355 e. The first-order valence-corrected chi connectivity index (χ1v) is 7.25. The van der Waals surface area contributed by atoms with Crippen molar-refractivity contribution < 1.29 is 9.90 Å². The molecule has 1 N–H and O–H groups in total. The molecule has 17 heavy (non-hydrogen) atoms. The summed E-state index contributed by atoms with van der Waals surface area (Å²) in [4.78, 5) is 14.9. The number of nitrogens with zero attached hydrogens (tertiary/aromatic N) is 1. The second-order valence-corrected chi connectivity index (χ2v) is 5.16. The molecule has 0 aliphatic carbocycles. The molecule has 1 aromatic heterocycles. The van der Waals surface area contributed by atoms with E-state index in [0.717, 1.165) is 16.3 Å². The second-order valence-electron chi connectivity index (χ2n) is 3.43. The molecule has 0 fully saturated rings. The number of carboxylic acid groups (broad SMARTS) is 1. The van der Waals surface area contributed by atoms with Crippen LogP contribution in [0.2, 0.25) is 0 Å². The normalized spacial score (nSPS) is 10.4. The standard InChI is InChI=1S/C12H11NO2S2/c1-16-6-8-4-2-3-5-9(8)11-13-10(7-17-11)12(14)15/h2-5,7H,6H2,1H3,(H,14,15). The quantitative estimate of drug-likeness (QED) is 0.920. The molecule has 2 aromatic rings. The number of benzene rings is 1. The molecule has 0 aliphatic rings. The van der Waals surface area contributed by atoms with Gasteiger partial charge in [0.05, 0.1) is 0 Å². The lowest BCUT2D eigenvalue weighted by atomic mass is 10.1. The largest absolute Gasteiger partial charge is 0.476 e. The van der Waals surface area contributed by atoms with Gasteiger partial charge in [-0.05, 0) is 11.8 Å². The van der Waals surface area contributed by atoms with Gasteiger partial charge >= 0.3 is 5.97 Å². The molecule has 3 nitrogen and oxygen atoms in total. The summed E-state index contributed by atoms with van der Waals surface area (Å²) in [5, 5.41) is 11.2. The summed E-state index contributed by atoms with van der Waals surface area (Å²) in [5.41, 5.74) is 2.33. The van der Waals surface area contributed by atoms with E-state index in [2.05, 4.69) is 4.98 Å². The first-order chi connectivity index (χ1) is 8.22. The zero-order chi connectivity index (χ0) is 12.3. The predicted molar refractivity (Wildman–Crippen MR) is 71.7 cm³/mol. The number of aromatic carboxylic acids is 1. The highest BCUT2D eigenvalue weighted by atomic mass is 32.2. The average Bonchev–Trinajstić information content (AvgIpc) is 2.79. The van der Waals surface area contributed by atoms with Gasteiger partial charge in [-0.25, -0.2) is 9.78 Å². The maximum absolute atomic E-state index is 10.8. The Bertz CT molecular complexity index is 537. The van der Waals surface area contributed by atoms with E-state index in [1.807, 2.05) is 30.5 Å². The SMILES string of the molecule is CSCc1ccccc1-c1nc(C(=O)O)cs1. The molecule has 0 unspecified atom stereocenters. The lowest BCUT2D eigenvalue weighted by molar-refractivity contribution is 0.0691. The molecule has 5 heteroatoms. The molecule has 1 aromatic carbocycles. The number of rotatable bonds is 4. The highest BCUT2D eigenvalue weighted by Gasteiger charge is 2.12. The van der Waals surface area contributed by atoms with Crippen LogP contribution in [0.25, 0.3) is 10.6 Å². The summed E-state index contributed by atoms with van der Waals surface area (Å²) >= 11 is 3.11. The Morgan fingerprint density at radius 2 is 2.24 bits per heavy atom. The molecule has 0 bridgehead atoms. The molecule has 88 valence electrons. The first kappa shape index (κ1) is 12.1. The van der Waals surface area contributed by atoms with Crippen molar-refractivity contribution in [3.63, 3.8) is 0 Å². The van der Waals surface area contributed by atoms with E-state index >= 15 is 0 Å². The van der Waals surface area contributed by atoms with Crippen LogP contribution in [0.1, 0.15) is 16.1 Å². The molecular weight excluding hydrogens is 254 g/mol. The van der Waals surface area contributed by atoms with Crippen molar-refractivity contribution in [1.29, 1.82) is 0 Å². The van der Waals surface area contributed by atoms with Crippen LogP contribution < -0.4 is 0 Å². The number of aromatic nitrogens is 1. The zero-order valence-corrected chi connectivity index (χ0v) is 10.8. The highest BCUT2D eigenvalue weighted by Crippen LogP contribution is 2.28. The third-order valence-corrected chi connectivity index (χ3v) is 3.75. The van der Waals surface area contributed by atoms with Crippen LogP contribution in [0.15, 0.2) is 29.6 Å². The summed E-state index contributed by atoms with van der Waals surface area (Å²) in [5.74, 6) is -0.0760. The Morgan fingerprint density at radius 1 is 1.47 bits per heavy atom. The van der Waals surface area contributed by atoms with Crippen LogP contribution in [0.4, 0.5) is 0 Å². The van der Waals surface area contributed by atoms with Crippen LogP contribution in [0.3, 0.4) is 0 Å². The minimum Gasteiger partial charge on any atom is -0.476 e. The minimum absolute atomic E-state index is 0.115. The van der Waals surface area contributed by atoms with Crippen molar-refractivity contribution in [2.24, 2.45) is 0 Å². The second kappa shape index (κ2) is 5.33. The molecule has 0 saturated carbocycles. The Labute approximate surface area is 108 Å². The van der Waals surface area contributed by atoms with Crippen molar-refractivity contribution in [3.8, 4) is 10.6 Å². The van der Waals surface area contributed by atoms with Crippen LogP contribution in [0.5, 0.6) is 0 Å². The molecule has 0 radical (unpaired) electrons. The molecule has 0 atom stereocenters. The summed E-state index contributed by atoms with van der Waals surface area (Å²) in [6, 6.07) is 7.96. The summed E-state index contributed by atoms with van der Waals surface area (Å²) in [6.45, 7) is 0. The first-order valence-electron chi connectivity index (χ1n) is 4.98. The lowest BCUT2D eigenvalue weighted by Crippen LogP contribution is -1.96. The lowest BCUT2D eigenvalue weighted by Gasteiger charge is -2.04. The molecular formula is C12H11NO2S2. The van der Waals surface area contributed by atoms with E-state index in [4.69, 9.17) is 5.11 Å². The molecule has 0 saturated heterocycles. The fourth-order valence-corrected chi connectivity index (χ4v) is 2.92. The predicted octanol–water partition coefficient (Wildman–Crippen LogP) is 3.37. The number of hydrogen-bond acceptors (Lipinski definition) is 4. The molecule has 0 aliphatic heterocycles. The van der Waals surface area contributed by atoms with Gasteiger partial charge < -0.3 is 5.11 Å². The van der Waals surface area contributed by atoms with Gasteiger partial charge in [0.15, 0.2) is 5.69 Å². The fraction of sp³-hybridized carbons (Fsp3) is 0.167. The van der Waals surface area contributed by atoms with Gasteiger partial charge in [-0.1, -0.05) is 24.3 Å². The van der Waals surface area contributed by atoms with E-state index in [1.165, 1.54) is 16.9 Å². The topological polar surface area (TPSA) is 50.2 Å². The molecule has 0 amide bonds. The average molecular weight is 265 g/mol. The van der Waals surface area contributed by atoms with Crippen LogP contribution >= 0.6 is 23.1 Å². The van der Waals surface area contributed by atoms with E-state index in [0.29, 0.717) is 0 Å². The van der Waals surface area contributed by atoms with Gasteiger partial charge in [-0.2, -0.15) is 11.8 Å². The van der Waals surface area contributed by atoms with Gasteiger partial charge in [0.25, 0.3) is 0 Å². The molecule has 2 rings (SSSR count). The number of thioether (sulfide) groups is 1. The zero-order valence-electron chi connectivity index (χ0n) is 9.21. The van der Waals surface area contributed by atoms with E-state index < -0.39 is 5.97 Å². The van der Waals surface area contributed by atoms with Gasteiger partial charge in [0.2, 0.25) is 0 Å². The maximum atomic E-state index is 10.8. The monoisotopic (exact) mass is 265 g/mol. The van der Waals surface area contributed by atoms with Gasteiger partial charge in [0, 0.05) is 16.7 Å². The van der Waals surface area contributed by atoms with Crippen LogP contribution in [0, 0.1) is 0 Å². The van der Waals surface area contributed by atoms with Crippen LogP contribution in [-0.2, 0) is 5.75 Å². The van der Waals surface area contributed by atoms with Crippen LogP contribution in [-0.4, -0.2) is 22.3 Å². The highest BCUT2D eigenvalue weighted by molar-refractivity contribution is 7.97. The Kier molecular flexibility index (Phi) is 3.81. The Hall–Kier alpha value is -1.33. The summed E-state index contributed by atoms with van der Waals surface area (Å²) < 4.78 is 0. The van der Waals surface area contributed by atoms with Gasteiger partial charge in [0.1, 0.15) is 5.01 Å². The Balaban J connectivity index is 2.41. The van der Waals surface area contributed by atoms with Gasteiger partial charge in [-0.15, -0.1) is 11.3 Å². The van der Waals surface area contributed by atoms with Crippen molar-refractivity contribution in [2.75, 3.05) is 6.26 Å². The fourth-order valence-electron chi connectivity index (χ4n) is 1.51. The minimum atomic E-state index is -0.977. The number of hydrogen-bond donors (Lipinski definition) is 1. The molecule has 1 heterocycles. The third-order valence-electron chi connectivity index (χ3n) is 2.27. The van der Waals surface area contributed by atoms with Gasteiger partial charge in [-0.3, -0.25) is 0 Å². The van der Waals surface area contributed by atoms with E-state index in [9.17, 15) is 4.79 Å². The molecule has 0 spiro atoms. The van der Waals surface area contributed by atoms with Crippen molar-refractivity contribution in [2.45, 2.75) is 5.75 Å². The Morgan fingerprint density at radius 3 is 2.88 bits per heavy atom. The third kappa shape index (κ3) is 2.68. The van der Waals surface area contributed by atoms with Crippen molar-refractivity contribution >= 4 is 29.1 Å². The van der Waals surface area contributed by atoms with E-state index in [-0.39, 0.29) is 5.69 Å². The van der Waals surface area contributed by atoms with Crippen molar-refractivity contribution in [1.82, 2.24) is 4.98 Å². The summed E-state index contributed by atoms with van der Waals surface area (Å²) in [7, 11) is 0. The number of thiazole rings is 1. The number of carboxylic acids is 1.